The summed E-state index contributed by atoms with van der Waals surface area (Å²) in [5, 5.41) is 3.74. The molecule has 1 heterocycles. The third kappa shape index (κ3) is 3.45. The van der Waals surface area contributed by atoms with Gasteiger partial charge in [-0.05, 0) is 37.8 Å². The number of nitrogens with one attached hydrogen (secondary N) is 1. The van der Waals surface area contributed by atoms with Crippen molar-refractivity contribution in [3.8, 4) is 0 Å². The first-order valence-corrected chi connectivity index (χ1v) is 7.60. The van der Waals surface area contributed by atoms with Crippen LogP contribution in [-0.2, 0) is 0 Å². The summed E-state index contributed by atoms with van der Waals surface area (Å²) in [6.45, 7) is 10.8. The van der Waals surface area contributed by atoms with E-state index < -0.39 is 0 Å². The van der Waals surface area contributed by atoms with Crippen LogP contribution in [0, 0.1) is 5.41 Å². The molecule has 1 N–H and O–H groups in total. The number of nitrogens with zero attached hydrogens (tertiary/aromatic N) is 1. The van der Waals surface area contributed by atoms with Crippen LogP contribution in [0.4, 0.5) is 0 Å². The maximum absolute atomic E-state index is 3.74. The molecule has 17 heavy (non-hydrogen) atoms. The lowest BCUT2D eigenvalue weighted by Gasteiger charge is -2.34. The quantitative estimate of drug-likeness (QED) is 0.760. The molecule has 1 saturated heterocycles. The summed E-state index contributed by atoms with van der Waals surface area (Å²) in [4.78, 5) is 2.78. The van der Waals surface area contributed by atoms with Crippen LogP contribution in [0.15, 0.2) is 0 Å². The predicted octanol–water partition coefficient (Wildman–Crippen LogP) is 3.03. The largest absolute Gasteiger partial charge is 0.313 e. The van der Waals surface area contributed by atoms with Crippen LogP contribution < -0.4 is 5.32 Å². The van der Waals surface area contributed by atoms with E-state index >= 15 is 0 Å². The minimum Gasteiger partial charge on any atom is -0.313 e. The number of hydrogen-bond donors (Lipinski definition) is 1. The van der Waals surface area contributed by atoms with Gasteiger partial charge in [0, 0.05) is 18.6 Å². The second kappa shape index (κ2) is 5.71. The molecule has 0 aromatic heterocycles. The smallest absolute Gasteiger partial charge is 0.0249 e. The molecule has 1 saturated carbocycles. The Morgan fingerprint density at radius 1 is 1.18 bits per heavy atom. The second-order valence-electron chi connectivity index (χ2n) is 6.75. The zero-order valence-corrected chi connectivity index (χ0v) is 12.0. The van der Waals surface area contributed by atoms with E-state index in [1.807, 2.05) is 0 Å². The van der Waals surface area contributed by atoms with E-state index in [4.69, 9.17) is 0 Å². The summed E-state index contributed by atoms with van der Waals surface area (Å²) in [5.74, 6) is 0. The van der Waals surface area contributed by atoms with Gasteiger partial charge in [-0.3, -0.25) is 4.90 Å². The van der Waals surface area contributed by atoms with E-state index in [0.717, 1.165) is 18.6 Å². The molecule has 2 atom stereocenters. The van der Waals surface area contributed by atoms with Crippen molar-refractivity contribution in [2.45, 2.75) is 71.4 Å². The summed E-state index contributed by atoms with van der Waals surface area (Å²) in [7, 11) is 0. The molecule has 1 aliphatic carbocycles. The molecule has 2 aliphatic rings. The highest BCUT2D eigenvalue weighted by Crippen LogP contribution is 2.33. The van der Waals surface area contributed by atoms with E-state index in [9.17, 15) is 0 Å². The van der Waals surface area contributed by atoms with Crippen molar-refractivity contribution in [2.75, 3.05) is 19.6 Å². The van der Waals surface area contributed by atoms with Gasteiger partial charge in [0.25, 0.3) is 0 Å². The van der Waals surface area contributed by atoms with Crippen LogP contribution in [0.3, 0.4) is 0 Å². The Hall–Kier alpha value is -0.0800. The standard InChI is InChI=1S/C15H30N2/c1-4-16-13-8-6-5-7-9-14(13)17-11-10-15(2,3)12-17/h13-14,16H,4-12H2,1-3H3. The summed E-state index contributed by atoms with van der Waals surface area (Å²) in [5.41, 5.74) is 0.545. The van der Waals surface area contributed by atoms with Crippen molar-refractivity contribution in [1.29, 1.82) is 0 Å². The Morgan fingerprint density at radius 3 is 2.59 bits per heavy atom. The molecule has 2 heteroatoms. The van der Waals surface area contributed by atoms with E-state index in [1.165, 1.54) is 51.6 Å². The molecule has 2 nitrogen and oxygen atoms in total. The lowest BCUT2D eigenvalue weighted by molar-refractivity contribution is 0.166. The van der Waals surface area contributed by atoms with Gasteiger partial charge in [0.15, 0.2) is 0 Å². The van der Waals surface area contributed by atoms with Gasteiger partial charge in [0.05, 0.1) is 0 Å². The van der Waals surface area contributed by atoms with Crippen molar-refractivity contribution < 1.29 is 0 Å². The number of likely N-dealkylation sites (N-methyl/N-ethyl adjacent to an activating group) is 1. The van der Waals surface area contributed by atoms with Gasteiger partial charge >= 0.3 is 0 Å². The van der Waals surface area contributed by atoms with Crippen LogP contribution in [0.25, 0.3) is 0 Å². The maximum atomic E-state index is 3.74. The van der Waals surface area contributed by atoms with Crippen LogP contribution in [0.5, 0.6) is 0 Å². The molecule has 2 unspecified atom stereocenters. The van der Waals surface area contributed by atoms with Crippen LogP contribution in [-0.4, -0.2) is 36.6 Å². The van der Waals surface area contributed by atoms with Crippen molar-refractivity contribution in [3.05, 3.63) is 0 Å². The normalized spacial score (nSPS) is 34.8. The Morgan fingerprint density at radius 2 is 1.94 bits per heavy atom. The molecule has 1 aliphatic heterocycles. The van der Waals surface area contributed by atoms with E-state index in [0.29, 0.717) is 5.41 Å². The Bertz CT molecular complexity index is 237. The average Bonchev–Trinajstić information content (AvgIpc) is 2.51. The van der Waals surface area contributed by atoms with Gasteiger partial charge in [-0.1, -0.05) is 40.0 Å². The van der Waals surface area contributed by atoms with Gasteiger partial charge in [-0.15, -0.1) is 0 Å². The van der Waals surface area contributed by atoms with Gasteiger partial charge in [0.2, 0.25) is 0 Å². The molecule has 0 spiro atoms. The fourth-order valence-electron chi connectivity index (χ4n) is 3.66. The Balaban J connectivity index is 1.99. The van der Waals surface area contributed by atoms with E-state index in [-0.39, 0.29) is 0 Å². The van der Waals surface area contributed by atoms with Crippen molar-refractivity contribution in [1.82, 2.24) is 10.2 Å². The molecular formula is C15H30N2. The van der Waals surface area contributed by atoms with Crippen LogP contribution >= 0.6 is 0 Å². The van der Waals surface area contributed by atoms with Gasteiger partial charge in [-0.2, -0.15) is 0 Å². The van der Waals surface area contributed by atoms with Crippen molar-refractivity contribution in [2.24, 2.45) is 5.41 Å². The van der Waals surface area contributed by atoms with E-state index in [2.05, 4.69) is 31.0 Å². The molecule has 2 fully saturated rings. The lowest BCUT2D eigenvalue weighted by Crippen LogP contribution is -2.49. The Kier molecular flexibility index (Phi) is 4.48. The fourth-order valence-corrected chi connectivity index (χ4v) is 3.66. The Labute approximate surface area is 107 Å². The predicted molar refractivity (Wildman–Crippen MR) is 74.3 cm³/mol. The minimum absolute atomic E-state index is 0.545. The lowest BCUT2D eigenvalue weighted by atomic mass is 9.93. The molecule has 0 radical (unpaired) electrons. The fraction of sp³-hybridized carbons (Fsp3) is 1.00. The number of hydrogen-bond acceptors (Lipinski definition) is 2. The zero-order valence-electron chi connectivity index (χ0n) is 12.0. The first-order valence-electron chi connectivity index (χ1n) is 7.60. The first-order chi connectivity index (χ1) is 8.12. The van der Waals surface area contributed by atoms with Gasteiger partial charge < -0.3 is 5.32 Å². The van der Waals surface area contributed by atoms with Crippen molar-refractivity contribution in [3.63, 3.8) is 0 Å². The van der Waals surface area contributed by atoms with Crippen LogP contribution in [0.1, 0.15) is 59.3 Å². The topological polar surface area (TPSA) is 15.3 Å². The van der Waals surface area contributed by atoms with E-state index in [1.54, 1.807) is 0 Å². The first kappa shape index (κ1) is 13.4. The molecule has 100 valence electrons. The highest BCUT2D eigenvalue weighted by molar-refractivity contribution is 4.92. The molecule has 0 amide bonds. The SMILES string of the molecule is CCNC1CCCCCC1N1CCC(C)(C)C1. The highest BCUT2D eigenvalue weighted by Gasteiger charge is 2.36. The third-order valence-electron chi connectivity index (χ3n) is 4.62. The maximum Gasteiger partial charge on any atom is 0.0249 e. The second-order valence-corrected chi connectivity index (χ2v) is 6.75. The summed E-state index contributed by atoms with van der Waals surface area (Å²) < 4.78 is 0. The van der Waals surface area contributed by atoms with Crippen molar-refractivity contribution >= 4 is 0 Å². The van der Waals surface area contributed by atoms with Gasteiger partial charge in [-0.25, -0.2) is 0 Å². The minimum atomic E-state index is 0.545. The monoisotopic (exact) mass is 238 g/mol. The summed E-state index contributed by atoms with van der Waals surface area (Å²) in [6, 6.07) is 1.55. The van der Waals surface area contributed by atoms with Crippen LogP contribution in [0.2, 0.25) is 0 Å². The molecule has 0 bridgehead atoms. The molecule has 0 aromatic carbocycles. The molecule has 0 aromatic rings. The number of rotatable bonds is 3. The summed E-state index contributed by atoms with van der Waals surface area (Å²) in [6.07, 6.45) is 8.47. The zero-order chi connectivity index (χ0) is 12.3. The highest BCUT2D eigenvalue weighted by atomic mass is 15.2. The average molecular weight is 238 g/mol. The molecular weight excluding hydrogens is 208 g/mol. The third-order valence-corrected chi connectivity index (χ3v) is 4.62. The number of likely N-dealkylation sites (tertiary alicyclic amines) is 1. The summed E-state index contributed by atoms with van der Waals surface area (Å²) >= 11 is 0. The molecule has 2 rings (SSSR count). The van der Waals surface area contributed by atoms with Gasteiger partial charge in [0.1, 0.15) is 0 Å².